The lowest BCUT2D eigenvalue weighted by Crippen LogP contribution is -2.15. The zero-order valence-corrected chi connectivity index (χ0v) is 12.4. The van der Waals surface area contributed by atoms with Crippen molar-refractivity contribution in [2.24, 2.45) is 5.84 Å². The van der Waals surface area contributed by atoms with Gasteiger partial charge in [-0.2, -0.15) is 4.98 Å². The molecule has 0 aliphatic heterocycles. The molecule has 0 aliphatic carbocycles. The summed E-state index contributed by atoms with van der Waals surface area (Å²) in [5.74, 6) is 5.54. The number of nitrogens with one attached hydrogen (secondary N) is 2. The van der Waals surface area contributed by atoms with E-state index in [1.165, 1.54) is 0 Å². The smallest absolute Gasteiger partial charge is 0.332 e. The predicted octanol–water partition coefficient (Wildman–Crippen LogP) is 1.60. The summed E-state index contributed by atoms with van der Waals surface area (Å²) in [5.41, 5.74) is 2.41. The molecule has 118 valence electrons. The minimum Gasteiger partial charge on any atom is -0.381 e. The Morgan fingerprint density at radius 2 is 2.05 bits per heavy atom. The first kappa shape index (κ1) is 17.1. The molecule has 0 fully saturated rings. The Morgan fingerprint density at radius 1 is 1.33 bits per heavy atom. The van der Waals surface area contributed by atoms with Crippen LogP contribution in [-0.4, -0.2) is 34.6 Å². The molecule has 0 unspecified atom stereocenters. The molecule has 21 heavy (non-hydrogen) atoms. The maximum absolute atomic E-state index is 11.1. The van der Waals surface area contributed by atoms with E-state index in [0.29, 0.717) is 13.2 Å². The molecule has 9 heteroatoms. The number of nitrogen functional groups attached to an aromatic ring is 1. The van der Waals surface area contributed by atoms with Gasteiger partial charge in [-0.1, -0.05) is 13.3 Å². The Labute approximate surface area is 123 Å². The van der Waals surface area contributed by atoms with Crippen molar-refractivity contribution in [1.29, 1.82) is 0 Å². The standard InChI is InChI=1S/C12H22N6O3/c1-3-4-7-21-8-5-6-14-11-10(18(19)20)9(2)15-12(16-11)17-13/h3-8,13H2,1-2H3,(H2,14,15,16,17). The van der Waals surface area contributed by atoms with Gasteiger partial charge in [-0.05, 0) is 19.8 Å². The van der Waals surface area contributed by atoms with Crippen LogP contribution in [0, 0.1) is 17.0 Å². The molecule has 0 saturated heterocycles. The molecule has 1 aromatic heterocycles. The Hall–Kier alpha value is -2.00. The van der Waals surface area contributed by atoms with Crippen LogP contribution < -0.4 is 16.6 Å². The summed E-state index contributed by atoms with van der Waals surface area (Å²) in [5, 5.41) is 14.0. The first-order valence-electron chi connectivity index (χ1n) is 6.91. The zero-order chi connectivity index (χ0) is 15.7. The van der Waals surface area contributed by atoms with E-state index in [-0.39, 0.29) is 23.1 Å². The Kier molecular flexibility index (Phi) is 7.33. The molecule has 1 heterocycles. The third-order valence-corrected chi connectivity index (χ3v) is 2.77. The zero-order valence-electron chi connectivity index (χ0n) is 12.4. The van der Waals surface area contributed by atoms with Crippen LogP contribution in [0.15, 0.2) is 0 Å². The van der Waals surface area contributed by atoms with E-state index in [9.17, 15) is 10.1 Å². The molecule has 4 N–H and O–H groups in total. The van der Waals surface area contributed by atoms with Crippen molar-refractivity contribution in [3.63, 3.8) is 0 Å². The Bertz CT molecular complexity index is 469. The van der Waals surface area contributed by atoms with E-state index >= 15 is 0 Å². The fourth-order valence-electron chi connectivity index (χ4n) is 1.70. The SMILES string of the molecule is CCCCOCCCNc1nc(NN)nc(C)c1[N+](=O)[O-]. The van der Waals surface area contributed by atoms with Crippen LogP contribution in [0.2, 0.25) is 0 Å². The number of hydrogen-bond acceptors (Lipinski definition) is 8. The normalized spacial score (nSPS) is 10.4. The van der Waals surface area contributed by atoms with Crippen LogP contribution in [0.1, 0.15) is 31.9 Å². The van der Waals surface area contributed by atoms with Gasteiger partial charge in [-0.25, -0.2) is 10.8 Å². The van der Waals surface area contributed by atoms with E-state index in [1.54, 1.807) is 6.92 Å². The molecule has 0 spiro atoms. The van der Waals surface area contributed by atoms with Crippen molar-refractivity contribution in [2.75, 3.05) is 30.5 Å². The van der Waals surface area contributed by atoms with Crippen LogP contribution >= 0.6 is 0 Å². The maximum Gasteiger partial charge on any atom is 0.332 e. The summed E-state index contributed by atoms with van der Waals surface area (Å²) in [7, 11) is 0. The van der Waals surface area contributed by atoms with Crippen molar-refractivity contribution >= 4 is 17.5 Å². The molecule has 0 bridgehead atoms. The molecule has 0 aliphatic rings. The minimum absolute atomic E-state index is 0.138. The number of ether oxygens (including phenoxy) is 1. The highest BCUT2D eigenvalue weighted by molar-refractivity contribution is 5.60. The molecule has 0 amide bonds. The van der Waals surface area contributed by atoms with Gasteiger partial charge >= 0.3 is 5.69 Å². The summed E-state index contributed by atoms with van der Waals surface area (Å²) >= 11 is 0. The lowest BCUT2D eigenvalue weighted by molar-refractivity contribution is -0.385. The van der Waals surface area contributed by atoms with Crippen molar-refractivity contribution in [3.8, 4) is 0 Å². The average Bonchev–Trinajstić information content (AvgIpc) is 2.45. The highest BCUT2D eigenvalue weighted by Gasteiger charge is 2.21. The van der Waals surface area contributed by atoms with Gasteiger partial charge < -0.3 is 10.1 Å². The predicted molar refractivity (Wildman–Crippen MR) is 80.1 cm³/mol. The lowest BCUT2D eigenvalue weighted by atomic mass is 10.3. The largest absolute Gasteiger partial charge is 0.381 e. The fraction of sp³-hybridized carbons (Fsp3) is 0.667. The first-order valence-corrected chi connectivity index (χ1v) is 6.91. The average molecular weight is 298 g/mol. The van der Waals surface area contributed by atoms with Gasteiger partial charge in [0.1, 0.15) is 5.69 Å². The lowest BCUT2D eigenvalue weighted by Gasteiger charge is -2.09. The van der Waals surface area contributed by atoms with Crippen LogP contribution in [0.3, 0.4) is 0 Å². The molecule has 1 rings (SSSR count). The quantitative estimate of drug-likeness (QED) is 0.257. The van der Waals surface area contributed by atoms with Gasteiger partial charge in [-0.3, -0.25) is 15.5 Å². The third-order valence-electron chi connectivity index (χ3n) is 2.77. The molecule has 0 saturated carbocycles. The summed E-state index contributed by atoms with van der Waals surface area (Å²) < 4.78 is 5.42. The summed E-state index contributed by atoms with van der Waals surface area (Å²) in [6.07, 6.45) is 2.87. The fourth-order valence-corrected chi connectivity index (χ4v) is 1.70. The molecular weight excluding hydrogens is 276 g/mol. The topological polar surface area (TPSA) is 128 Å². The number of unbranched alkanes of at least 4 members (excludes halogenated alkanes) is 1. The van der Waals surface area contributed by atoms with Crippen molar-refractivity contribution in [2.45, 2.75) is 33.1 Å². The van der Waals surface area contributed by atoms with Crippen molar-refractivity contribution < 1.29 is 9.66 Å². The number of anilines is 2. The number of nitrogens with two attached hydrogens (primary N) is 1. The second-order valence-electron chi connectivity index (χ2n) is 4.48. The third kappa shape index (κ3) is 5.48. The minimum atomic E-state index is -0.504. The number of hydrazine groups is 1. The number of hydrogen-bond donors (Lipinski definition) is 3. The van der Waals surface area contributed by atoms with E-state index < -0.39 is 4.92 Å². The van der Waals surface area contributed by atoms with Crippen LogP contribution in [0.5, 0.6) is 0 Å². The molecule has 9 nitrogen and oxygen atoms in total. The van der Waals surface area contributed by atoms with E-state index in [1.807, 2.05) is 0 Å². The second-order valence-corrected chi connectivity index (χ2v) is 4.48. The monoisotopic (exact) mass is 298 g/mol. The molecular formula is C12H22N6O3. The van der Waals surface area contributed by atoms with Gasteiger partial charge in [-0.15, -0.1) is 0 Å². The number of nitro groups is 1. The first-order chi connectivity index (χ1) is 10.1. The maximum atomic E-state index is 11.1. The van der Waals surface area contributed by atoms with Crippen molar-refractivity contribution in [3.05, 3.63) is 15.8 Å². The summed E-state index contributed by atoms with van der Waals surface area (Å²) in [6.45, 7) is 5.51. The van der Waals surface area contributed by atoms with Crippen LogP contribution in [-0.2, 0) is 4.74 Å². The molecule has 1 aromatic rings. The van der Waals surface area contributed by atoms with Crippen molar-refractivity contribution in [1.82, 2.24) is 9.97 Å². The van der Waals surface area contributed by atoms with E-state index in [4.69, 9.17) is 10.6 Å². The highest BCUT2D eigenvalue weighted by atomic mass is 16.6. The summed E-state index contributed by atoms with van der Waals surface area (Å²) in [6, 6.07) is 0. The molecule has 0 radical (unpaired) electrons. The molecule has 0 aromatic carbocycles. The van der Waals surface area contributed by atoms with Gasteiger partial charge in [0.05, 0.1) is 4.92 Å². The van der Waals surface area contributed by atoms with E-state index in [2.05, 4.69) is 27.6 Å². The van der Waals surface area contributed by atoms with Gasteiger partial charge in [0.25, 0.3) is 0 Å². The Morgan fingerprint density at radius 3 is 2.67 bits per heavy atom. The Balaban J connectivity index is 2.56. The van der Waals surface area contributed by atoms with Gasteiger partial charge in [0.15, 0.2) is 0 Å². The van der Waals surface area contributed by atoms with Crippen LogP contribution in [0.4, 0.5) is 17.5 Å². The van der Waals surface area contributed by atoms with E-state index in [0.717, 1.165) is 25.9 Å². The number of aryl methyl sites for hydroxylation is 1. The van der Waals surface area contributed by atoms with Gasteiger partial charge in [0, 0.05) is 19.8 Å². The van der Waals surface area contributed by atoms with Crippen LogP contribution in [0.25, 0.3) is 0 Å². The number of aromatic nitrogens is 2. The molecule has 0 atom stereocenters. The summed E-state index contributed by atoms with van der Waals surface area (Å²) in [4.78, 5) is 18.4. The van der Waals surface area contributed by atoms with Gasteiger partial charge in [0.2, 0.25) is 11.8 Å². The second kappa shape index (κ2) is 9.03. The number of nitrogens with zero attached hydrogens (tertiary/aromatic N) is 3. The number of rotatable bonds is 10. The highest BCUT2D eigenvalue weighted by Crippen LogP contribution is 2.26.